The Labute approximate surface area is 110 Å². The smallest absolute Gasteiger partial charge is 0.308 e. The van der Waals surface area contributed by atoms with E-state index in [1.807, 2.05) is 39.0 Å². The summed E-state index contributed by atoms with van der Waals surface area (Å²) >= 11 is 0. The lowest BCUT2D eigenvalue weighted by Crippen LogP contribution is -2.29. The van der Waals surface area contributed by atoms with Crippen molar-refractivity contribution in [3.8, 4) is 0 Å². The van der Waals surface area contributed by atoms with Crippen molar-refractivity contribution in [1.29, 1.82) is 0 Å². The Morgan fingerprint density at radius 3 is 2.33 bits per heavy atom. The zero-order valence-corrected chi connectivity index (χ0v) is 11.8. The first-order chi connectivity index (χ1) is 8.42. The summed E-state index contributed by atoms with van der Waals surface area (Å²) < 4.78 is 5.30. The molecular weight excluding hydrogens is 226 g/mol. The maximum atomic E-state index is 11.7. The van der Waals surface area contributed by atoms with E-state index in [-0.39, 0.29) is 5.97 Å². The van der Waals surface area contributed by atoms with Crippen LogP contribution in [-0.2, 0) is 9.53 Å². The molecule has 0 aliphatic heterocycles. The molecule has 0 unspecified atom stereocenters. The Bertz CT molecular complexity index is 368. The molecule has 18 heavy (non-hydrogen) atoms. The molecule has 0 spiro atoms. The van der Waals surface area contributed by atoms with Crippen LogP contribution in [-0.4, -0.2) is 24.7 Å². The van der Waals surface area contributed by atoms with Crippen molar-refractivity contribution < 1.29 is 9.53 Å². The Kier molecular flexibility index (Phi) is 5.20. The van der Waals surface area contributed by atoms with Crippen molar-refractivity contribution in [2.24, 2.45) is 0 Å². The molecule has 0 atom stereocenters. The summed E-state index contributed by atoms with van der Waals surface area (Å²) in [6, 6.07) is 10.1. The minimum Gasteiger partial charge on any atom is -0.460 e. The highest BCUT2D eigenvalue weighted by Crippen LogP contribution is 2.14. The summed E-state index contributed by atoms with van der Waals surface area (Å²) in [7, 11) is 0. The topological polar surface area (TPSA) is 29.5 Å². The van der Waals surface area contributed by atoms with Crippen LogP contribution in [0, 0.1) is 0 Å². The van der Waals surface area contributed by atoms with E-state index in [2.05, 4.69) is 24.0 Å². The number of benzene rings is 1. The number of rotatable bonds is 5. The van der Waals surface area contributed by atoms with Gasteiger partial charge in [-0.25, -0.2) is 0 Å². The van der Waals surface area contributed by atoms with Crippen LogP contribution in [0.5, 0.6) is 0 Å². The molecule has 0 aliphatic rings. The van der Waals surface area contributed by atoms with E-state index >= 15 is 0 Å². The predicted molar refractivity (Wildman–Crippen MR) is 74.8 cm³/mol. The van der Waals surface area contributed by atoms with E-state index in [1.165, 1.54) is 0 Å². The summed E-state index contributed by atoms with van der Waals surface area (Å²) in [6.07, 6.45) is 0.417. The van der Waals surface area contributed by atoms with Crippen molar-refractivity contribution in [3.63, 3.8) is 0 Å². The molecule has 0 aliphatic carbocycles. The van der Waals surface area contributed by atoms with Crippen LogP contribution >= 0.6 is 0 Å². The number of esters is 1. The van der Waals surface area contributed by atoms with Gasteiger partial charge >= 0.3 is 5.97 Å². The molecular formula is C15H23NO2. The Morgan fingerprint density at radius 2 is 1.83 bits per heavy atom. The fourth-order valence-corrected chi connectivity index (χ4v) is 1.73. The van der Waals surface area contributed by atoms with Gasteiger partial charge in [-0.15, -0.1) is 0 Å². The first-order valence-electron chi connectivity index (χ1n) is 6.44. The largest absolute Gasteiger partial charge is 0.460 e. The molecule has 3 heteroatoms. The minimum absolute atomic E-state index is 0.142. The molecule has 0 saturated carbocycles. The van der Waals surface area contributed by atoms with Gasteiger partial charge < -0.3 is 9.64 Å². The maximum absolute atomic E-state index is 11.7. The number of hydrogen-bond donors (Lipinski definition) is 0. The monoisotopic (exact) mass is 249 g/mol. The molecule has 1 rings (SSSR count). The van der Waals surface area contributed by atoms with Gasteiger partial charge in [0.2, 0.25) is 0 Å². The van der Waals surface area contributed by atoms with Crippen LogP contribution in [0.3, 0.4) is 0 Å². The van der Waals surface area contributed by atoms with Gasteiger partial charge in [0.1, 0.15) is 5.60 Å². The van der Waals surface area contributed by atoms with Gasteiger partial charge in [0.05, 0.1) is 6.42 Å². The molecule has 0 aromatic heterocycles. The third kappa shape index (κ3) is 5.21. The van der Waals surface area contributed by atoms with Crippen LogP contribution in [0.2, 0.25) is 0 Å². The lowest BCUT2D eigenvalue weighted by Gasteiger charge is -2.24. The second kappa shape index (κ2) is 6.43. The molecule has 0 N–H and O–H groups in total. The van der Waals surface area contributed by atoms with Gasteiger partial charge in [-0.3, -0.25) is 4.79 Å². The number of carbonyl (C=O) groups excluding carboxylic acids is 1. The number of carbonyl (C=O) groups is 1. The molecule has 0 radical (unpaired) electrons. The molecule has 0 amide bonds. The van der Waals surface area contributed by atoms with Crippen LogP contribution in [0.25, 0.3) is 0 Å². The van der Waals surface area contributed by atoms with Gasteiger partial charge in [0.15, 0.2) is 0 Å². The van der Waals surface area contributed by atoms with Crippen LogP contribution in [0.1, 0.15) is 34.1 Å². The van der Waals surface area contributed by atoms with Crippen molar-refractivity contribution in [1.82, 2.24) is 0 Å². The van der Waals surface area contributed by atoms with Crippen molar-refractivity contribution in [2.45, 2.75) is 39.7 Å². The summed E-state index contributed by atoms with van der Waals surface area (Å²) in [5, 5.41) is 0. The number of para-hydroxylation sites is 1. The molecule has 100 valence electrons. The summed E-state index contributed by atoms with van der Waals surface area (Å²) in [6.45, 7) is 9.32. The summed E-state index contributed by atoms with van der Waals surface area (Å²) in [5.41, 5.74) is 0.740. The van der Waals surface area contributed by atoms with Crippen LogP contribution in [0.4, 0.5) is 5.69 Å². The van der Waals surface area contributed by atoms with Crippen molar-refractivity contribution in [3.05, 3.63) is 30.3 Å². The first-order valence-corrected chi connectivity index (χ1v) is 6.44. The summed E-state index contributed by atoms with van der Waals surface area (Å²) in [5.74, 6) is -0.142. The van der Waals surface area contributed by atoms with E-state index < -0.39 is 5.60 Å². The fraction of sp³-hybridized carbons (Fsp3) is 0.533. The molecule has 0 saturated heterocycles. The van der Waals surface area contributed by atoms with E-state index in [4.69, 9.17) is 4.74 Å². The van der Waals surface area contributed by atoms with E-state index in [0.717, 1.165) is 12.2 Å². The molecule has 1 aromatic rings. The standard InChI is InChI=1S/C15H23NO2/c1-5-16(13-9-7-6-8-10-13)12-11-14(17)18-15(2,3)4/h6-10H,5,11-12H2,1-4H3. The Morgan fingerprint density at radius 1 is 1.22 bits per heavy atom. The third-order valence-corrected chi connectivity index (χ3v) is 2.51. The zero-order valence-electron chi connectivity index (χ0n) is 11.8. The second-order valence-electron chi connectivity index (χ2n) is 5.25. The van der Waals surface area contributed by atoms with Gasteiger partial charge in [-0.05, 0) is 39.8 Å². The molecule has 0 bridgehead atoms. The average molecular weight is 249 g/mol. The average Bonchev–Trinajstić information content (AvgIpc) is 2.29. The number of hydrogen-bond acceptors (Lipinski definition) is 3. The van der Waals surface area contributed by atoms with Crippen LogP contribution in [0.15, 0.2) is 30.3 Å². The molecule has 0 fully saturated rings. The quantitative estimate of drug-likeness (QED) is 0.750. The Hall–Kier alpha value is -1.51. The Balaban J connectivity index is 2.48. The number of ether oxygens (including phenoxy) is 1. The fourth-order valence-electron chi connectivity index (χ4n) is 1.73. The van der Waals surface area contributed by atoms with Gasteiger partial charge in [0.25, 0.3) is 0 Å². The van der Waals surface area contributed by atoms with Gasteiger partial charge in [-0.2, -0.15) is 0 Å². The highest BCUT2D eigenvalue weighted by molar-refractivity contribution is 5.70. The van der Waals surface area contributed by atoms with E-state index in [0.29, 0.717) is 13.0 Å². The molecule has 3 nitrogen and oxygen atoms in total. The van der Waals surface area contributed by atoms with Gasteiger partial charge in [0, 0.05) is 18.8 Å². The van der Waals surface area contributed by atoms with Gasteiger partial charge in [-0.1, -0.05) is 18.2 Å². The number of anilines is 1. The predicted octanol–water partition coefficient (Wildman–Crippen LogP) is 3.24. The second-order valence-corrected chi connectivity index (χ2v) is 5.25. The molecule has 1 aromatic carbocycles. The first kappa shape index (κ1) is 14.6. The van der Waals surface area contributed by atoms with Crippen molar-refractivity contribution >= 4 is 11.7 Å². The minimum atomic E-state index is -0.402. The lowest BCUT2D eigenvalue weighted by atomic mass is 10.2. The summed E-state index contributed by atoms with van der Waals surface area (Å²) in [4.78, 5) is 13.8. The maximum Gasteiger partial charge on any atom is 0.308 e. The van der Waals surface area contributed by atoms with E-state index in [9.17, 15) is 4.79 Å². The highest BCUT2D eigenvalue weighted by Gasteiger charge is 2.16. The molecule has 0 heterocycles. The highest BCUT2D eigenvalue weighted by atomic mass is 16.6. The van der Waals surface area contributed by atoms with Crippen molar-refractivity contribution in [2.75, 3.05) is 18.0 Å². The third-order valence-electron chi connectivity index (χ3n) is 2.51. The van der Waals surface area contributed by atoms with Crippen LogP contribution < -0.4 is 4.90 Å². The normalized spacial score (nSPS) is 11.1. The lowest BCUT2D eigenvalue weighted by molar-refractivity contribution is -0.154. The SMILES string of the molecule is CCN(CCC(=O)OC(C)(C)C)c1ccccc1. The van der Waals surface area contributed by atoms with E-state index in [1.54, 1.807) is 0 Å². The zero-order chi connectivity index (χ0) is 13.6. The number of nitrogens with zero attached hydrogens (tertiary/aromatic N) is 1.